The number of hydrogen-bond acceptors (Lipinski definition) is 5. The van der Waals surface area contributed by atoms with Crippen molar-refractivity contribution in [3.05, 3.63) is 18.2 Å². The van der Waals surface area contributed by atoms with Gasteiger partial charge < -0.3 is 15.6 Å². The molecule has 0 aliphatic rings. The first-order valence-electron chi connectivity index (χ1n) is 4.52. The molecule has 1 rings (SSSR count). The predicted molar refractivity (Wildman–Crippen MR) is 61.8 cm³/mol. The minimum atomic E-state index is -3.47. The summed E-state index contributed by atoms with van der Waals surface area (Å²) in [6, 6.07) is 4.02. The van der Waals surface area contributed by atoms with Crippen molar-refractivity contribution in [2.24, 2.45) is 0 Å². The van der Waals surface area contributed by atoms with E-state index in [1.165, 1.54) is 25.3 Å². The zero-order valence-electron chi connectivity index (χ0n) is 8.80. The molecule has 6 nitrogen and oxygen atoms in total. The average Bonchev–Trinajstić information content (AvgIpc) is 2.19. The van der Waals surface area contributed by atoms with Crippen LogP contribution in [-0.4, -0.2) is 33.0 Å². The quantitative estimate of drug-likeness (QED) is 0.514. The zero-order chi connectivity index (χ0) is 12.2. The Morgan fingerprint density at radius 3 is 2.75 bits per heavy atom. The maximum Gasteiger partial charge on any atom is 0.235 e. The van der Waals surface area contributed by atoms with Gasteiger partial charge in [0.1, 0.15) is 5.75 Å². The minimum absolute atomic E-state index is 0.0164. The molecule has 0 unspecified atom stereocenters. The molecule has 0 bridgehead atoms. The molecular formula is C9H14N2O4S. The molecule has 1 aromatic rings. The highest BCUT2D eigenvalue weighted by atomic mass is 32.2. The van der Waals surface area contributed by atoms with Gasteiger partial charge in [0, 0.05) is 13.2 Å². The summed E-state index contributed by atoms with van der Waals surface area (Å²) in [4.78, 5) is 0. The van der Waals surface area contributed by atoms with Crippen molar-refractivity contribution in [3.63, 3.8) is 0 Å². The van der Waals surface area contributed by atoms with Crippen LogP contribution < -0.4 is 10.5 Å². The standard InChI is InChI=1S/C9H14N2O4S/c1-15-4-5-16(13,14)11-9-3-2-7(12)6-8(9)10/h2-3,6,11-12H,4-5,10H2,1H3. The first-order valence-corrected chi connectivity index (χ1v) is 6.18. The molecule has 16 heavy (non-hydrogen) atoms. The number of sulfonamides is 1. The Balaban J connectivity index is 2.80. The molecule has 90 valence electrons. The number of benzene rings is 1. The lowest BCUT2D eigenvalue weighted by Crippen LogP contribution is -2.20. The van der Waals surface area contributed by atoms with Crippen molar-refractivity contribution in [2.45, 2.75) is 0 Å². The second-order valence-electron chi connectivity index (χ2n) is 3.19. The molecule has 0 saturated heterocycles. The SMILES string of the molecule is COCCS(=O)(=O)Nc1ccc(O)cc1N. The minimum Gasteiger partial charge on any atom is -0.508 e. The molecule has 0 aromatic heterocycles. The largest absolute Gasteiger partial charge is 0.508 e. The molecule has 7 heteroatoms. The van der Waals surface area contributed by atoms with E-state index in [4.69, 9.17) is 10.8 Å². The van der Waals surface area contributed by atoms with Crippen LogP contribution in [0.25, 0.3) is 0 Å². The van der Waals surface area contributed by atoms with Crippen LogP contribution in [0, 0.1) is 0 Å². The molecule has 0 spiro atoms. The predicted octanol–water partition coefficient (Wildman–Crippen LogP) is 0.362. The number of methoxy groups -OCH3 is 1. The van der Waals surface area contributed by atoms with E-state index in [-0.39, 0.29) is 29.5 Å². The monoisotopic (exact) mass is 246 g/mol. The second kappa shape index (κ2) is 5.04. The Hall–Kier alpha value is -1.47. The van der Waals surface area contributed by atoms with Gasteiger partial charge in [-0.1, -0.05) is 0 Å². The molecule has 0 heterocycles. The number of nitrogens with two attached hydrogens (primary N) is 1. The third kappa shape index (κ3) is 3.59. The number of anilines is 2. The summed E-state index contributed by atoms with van der Waals surface area (Å²) in [7, 11) is -2.05. The fourth-order valence-corrected chi connectivity index (χ4v) is 2.06. The van der Waals surface area contributed by atoms with Gasteiger partial charge in [0.2, 0.25) is 10.0 Å². The van der Waals surface area contributed by atoms with Crippen LogP contribution in [0.5, 0.6) is 5.75 Å². The summed E-state index contributed by atoms with van der Waals surface area (Å²) in [5.41, 5.74) is 5.95. The van der Waals surface area contributed by atoms with Crippen LogP contribution in [0.15, 0.2) is 18.2 Å². The Morgan fingerprint density at radius 1 is 1.50 bits per heavy atom. The first kappa shape index (κ1) is 12.6. The summed E-state index contributed by atoms with van der Waals surface area (Å²) in [6.07, 6.45) is 0. The van der Waals surface area contributed by atoms with Gasteiger partial charge in [0.25, 0.3) is 0 Å². The van der Waals surface area contributed by atoms with Gasteiger partial charge in [0.15, 0.2) is 0 Å². The Morgan fingerprint density at radius 2 is 2.19 bits per heavy atom. The van der Waals surface area contributed by atoms with Crippen LogP contribution >= 0.6 is 0 Å². The van der Waals surface area contributed by atoms with E-state index >= 15 is 0 Å². The topological polar surface area (TPSA) is 102 Å². The van der Waals surface area contributed by atoms with E-state index in [2.05, 4.69) is 9.46 Å². The van der Waals surface area contributed by atoms with Crippen molar-refractivity contribution in [2.75, 3.05) is 29.9 Å². The third-order valence-electron chi connectivity index (χ3n) is 1.86. The van der Waals surface area contributed by atoms with Crippen LogP contribution in [0.1, 0.15) is 0 Å². The summed E-state index contributed by atoms with van der Waals surface area (Å²) in [5.74, 6) is -0.165. The van der Waals surface area contributed by atoms with Crippen LogP contribution in [0.2, 0.25) is 0 Å². The van der Waals surface area contributed by atoms with Crippen molar-refractivity contribution < 1.29 is 18.3 Å². The van der Waals surface area contributed by atoms with Gasteiger partial charge in [-0.2, -0.15) is 0 Å². The molecule has 0 atom stereocenters. The molecule has 0 aliphatic heterocycles. The molecule has 1 aromatic carbocycles. The van der Waals surface area contributed by atoms with Gasteiger partial charge in [-0.15, -0.1) is 0 Å². The fraction of sp³-hybridized carbons (Fsp3) is 0.333. The summed E-state index contributed by atoms with van der Waals surface area (Å²) in [5, 5.41) is 9.10. The Labute approximate surface area is 94.1 Å². The van der Waals surface area contributed by atoms with Crippen molar-refractivity contribution >= 4 is 21.4 Å². The molecule has 0 amide bonds. The van der Waals surface area contributed by atoms with Crippen molar-refractivity contribution in [1.82, 2.24) is 0 Å². The molecule has 0 saturated carbocycles. The number of rotatable bonds is 5. The van der Waals surface area contributed by atoms with Gasteiger partial charge in [-0.3, -0.25) is 4.72 Å². The van der Waals surface area contributed by atoms with Crippen LogP contribution in [0.4, 0.5) is 11.4 Å². The van der Waals surface area contributed by atoms with Crippen molar-refractivity contribution in [3.8, 4) is 5.75 Å². The molecule has 4 N–H and O–H groups in total. The number of phenolic OH excluding ortho intramolecular Hbond substituents is 1. The molecular weight excluding hydrogens is 232 g/mol. The lowest BCUT2D eigenvalue weighted by Gasteiger charge is -2.09. The van der Waals surface area contributed by atoms with Gasteiger partial charge in [0.05, 0.1) is 23.7 Å². The third-order valence-corrected chi connectivity index (χ3v) is 3.09. The Kier molecular flexibility index (Phi) is 3.97. The first-order chi connectivity index (χ1) is 7.44. The molecule has 0 radical (unpaired) electrons. The zero-order valence-corrected chi connectivity index (χ0v) is 9.62. The average molecular weight is 246 g/mol. The number of phenols is 1. The normalized spacial score (nSPS) is 11.3. The Bertz CT molecular complexity index is 459. The number of nitrogen functional groups attached to an aromatic ring is 1. The molecule has 0 fully saturated rings. The maximum absolute atomic E-state index is 11.5. The highest BCUT2D eigenvalue weighted by Crippen LogP contribution is 2.24. The maximum atomic E-state index is 11.5. The fourth-order valence-electron chi connectivity index (χ4n) is 1.05. The summed E-state index contributed by atoms with van der Waals surface area (Å²) >= 11 is 0. The van der Waals surface area contributed by atoms with E-state index in [9.17, 15) is 8.42 Å². The number of aromatic hydroxyl groups is 1. The van der Waals surface area contributed by atoms with E-state index in [1.54, 1.807) is 0 Å². The van der Waals surface area contributed by atoms with Gasteiger partial charge >= 0.3 is 0 Å². The van der Waals surface area contributed by atoms with Crippen molar-refractivity contribution in [1.29, 1.82) is 0 Å². The van der Waals surface area contributed by atoms with E-state index in [1.807, 2.05) is 0 Å². The van der Waals surface area contributed by atoms with E-state index < -0.39 is 10.0 Å². The number of nitrogens with one attached hydrogen (secondary N) is 1. The van der Waals surface area contributed by atoms with Gasteiger partial charge in [-0.05, 0) is 12.1 Å². The highest BCUT2D eigenvalue weighted by Gasteiger charge is 2.11. The molecule has 0 aliphatic carbocycles. The second-order valence-corrected chi connectivity index (χ2v) is 5.03. The number of hydrogen-bond donors (Lipinski definition) is 3. The lowest BCUT2D eigenvalue weighted by atomic mass is 10.2. The smallest absolute Gasteiger partial charge is 0.235 e. The van der Waals surface area contributed by atoms with Crippen LogP contribution in [0.3, 0.4) is 0 Å². The van der Waals surface area contributed by atoms with Gasteiger partial charge in [-0.25, -0.2) is 8.42 Å². The lowest BCUT2D eigenvalue weighted by molar-refractivity contribution is 0.217. The summed E-state index contributed by atoms with van der Waals surface area (Å²) in [6.45, 7) is 0.104. The number of ether oxygens (including phenoxy) is 1. The van der Waals surface area contributed by atoms with Crippen LogP contribution in [-0.2, 0) is 14.8 Å². The van der Waals surface area contributed by atoms with E-state index in [0.717, 1.165) is 0 Å². The van der Waals surface area contributed by atoms with E-state index in [0.29, 0.717) is 0 Å². The summed E-state index contributed by atoms with van der Waals surface area (Å²) < 4.78 is 30.0. The highest BCUT2D eigenvalue weighted by molar-refractivity contribution is 7.92.